The lowest BCUT2D eigenvalue weighted by atomic mass is 10.1. The first-order valence-corrected chi connectivity index (χ1v) is 13.9. The molecule has 1 amide bonds. The molecule has 0 spiro atoms. The summed E-state index contributed by atoms with van der Waals surface area (Å²) in [6, 6.07) is 16.1. The Morgan fingerprint density at radius 3 is 2.53 bits per heavy atom. The normalized spacial score (nSPS) is 11.5. The summed E-state index contributed by atoms with van der Waals surface area (Å²) in [6.45, 7) is 3.87. The maximum atomic E-state index is 12.6. The Morgan fingerprint density at radius 2 is 1.82 bits per heavy atom. The Balaban J connectivity index is 1.37. The number of sulfone groups is 1. The molecule has 34 heavy (non-hydrogen) atoms. The summed E-state index contributed by atoms with van der Waals surface area (Å²) < 4.78 is 30.4. The lowest BCUT2D eigenvalue weighted by Gasteiger charge is -2.03. The molecular formula is C23H22N4O4S3. The van der Waals surface area contributed by atoms with Gasteiger partial charge in [0.15, 0.2) is 25.6 Å². The number of rotatable bonds is 9. The molecule has 0 aliphatic rings. The average molecular weight is 515 g/mol. The second-order valence-corrected chi connectivity index (χ2v) is 11.8. The van der Waals surface area contributed by atoms with Crippen molar-refractivity contribution < 1.29 is 17.7 Å². The molecular weight excluding hydrogens is 492 g/mol. The van der Waals surface area contributed by atoms with E-state index in [4.69, 9.17) is 4.52 Å². The lowest BCUT2D eigenvalue weighted by molar-refractivity contribution is 0.101. The first-order valence-electron chi connectivity index (χ1n) is 10.5. The number of carbonyl (C=O) groups is 1. The van der Waals surface area contributed by atoms with Crippen molar-refractivity contribution in [2.75, 3.05) is 11.1 Å². The Kier molecular flexibility index (Phi) is 7.44. The van der Waals surface area contributed by atoms with Gasteiger partial charge in [0.2, 0.25) is 5.13 Å². The predicted molar refractivity (Wildman–Crippen MR) is 133 cm³/mol. The molecule has 176 valence electrons. The summed E-state index contributed by atoms with van der Waals surface area (Å²) in [6.07, 6.45) is 0.548. The molecule has 0 aliphatic heterocycles. The SMILES string of the molecule is CCCS(=O)(=O)c1ccc(-c2cc(C(=O)Nc3nnc(SCc4ccc(C)cc4)s3)no2)cc1. The fourth-order valence-electron chi connectivity index (χ4n) is 3.04. The summed E-state index contributed by atoms with van der Waals surface area (Å²) >= 11 is 2.83. The van der Waals surface area contributed by atoms with Crippen LogP contribution in [0.4, 0.5) is 5.13 Å². The van der Waals surface area contributed by atoms with Crippen LogP contribution in [0, 0.1) is 6.92 Å². The quantitative estimate of drug-likeness (QED) is 0.238. The van der Waals surface area contributed by atoms with Crippen molar-refractivity contribution in [2.45, 2.75) is 35.3 Å². The molecule has 0 bridgehead atoms. The molecule has 0 fully saturated rings. The zero-order chi connectivity index (χ0) is 24.1. The molecule has 2 heterocycles. The van der Waals surface area contributed by atoms with E-state index < -0.39 is 15.7 Å². The van der Waals surface area contributed by atoms with Crippen molar-refractivity contribution in [1.29, 1.82) is 0 Å². The summed E-state index contributed by atoms with van der Waals surface area (Å²) in [5.41, 5.74) is 3.10. The molecule has 0 saturated heterocycles. The number of anilines is 1. The number of nitrogens with one attached hydrogen (secondary N) is 1. The Bertz CT molecular complexity index is 1380. The molecule has 1 N–H and O–H groups in total. The van der Waals surface area contributed by atoms with E-state index in [0.717, 1.165) is 10.1 Å². The van der Waals surface area contributed by atoms with Gasteiger partial charge in [-0.1, -0.05) is 65.0 Å². The van der Waals surface area contributed by atoms with Crippen molar-refractivity contribution in [2.24, 2.45) is 0 Å². The highest BCUT2D eigenvalue weighted by Crippen LogP contribution is 2.29. The van der Waals surface area contributed by atoms with E-state index in [0.29, 0.717) is 22.9 Å². The minimum Gasteiger partial charge on any atom is -0.355 e. The number of hydrogen-bond donors (Lipinski definition) is 1. The maximum Gasteiger partial charge on any atom is 0.279 e. The van der Waals surface area contributed by atoms with Crippen LogP contribution in [0.5, 0.6) is 0 Å². The number of aromatic nitrogens is 3. The predicted octanol–water partition coefficient (Wildman–Crippen LogP) is 5.23. The van der Waals surface area contributed by atoms with Crippen molar-refractivity contribution in [3.63, 3.8) is 0 Å². The first kappa shape index (κ1) is 24.1. The van der Waals surface area contributed by atoms with Gasteiger partial charge in [0.25, 0.3) is 5.91 Å². The third-order valence-corrected chi connectivity index (χ3v) is 8.80. The Hall–Kier alpha value is -3.02. The zero-order valence-electron chi connectivity index (χ0n) is 18.5. The van der Waals surface area contributed by atoms with Crippen LogP contribution in [0.3, 0.4) is 0 Å². The van der Waals surface area contributed by atoms with Gasteiger partial charge in [0.05, 0.1) is 10.6 Å². The molecule has 8 nitrogen and oxygen atoms in total. The van der Waals surface area contributed by atoms with Gasteiger partial charge in [-0.3, -0.25) is 10.1 Å². The van der Waals surface area contributed by atoms with Gasteiger partial charge in [0, 0.05) is 17.4 Å². The number of amides is 1. The highest BCUT2D eigenvalue weighted by atomic mass is 32.2. The highest BCUT2D eigenvalue weighted by Gasteiger charge is 2.18. The summed E-state index contributed by atoms with van der Waals surface area (Å²) in [4.78, 5) is 12.8. The Labute approximate surface area is 205 Å². The van der Waals surface area contributed by atoms with E-state index in [1.807, 2.05) is 13.8 Å². The first-order chi connectivity index (χ1) is 16.3. The third kappa shape index (κ3) is 5.91. The highest BCUT2D eigenvalue weighted by molar-refractivity contribution is 8.00. The molecule has 0 atom stereocenters. The second kappa shape index (κ2) is 10.5. The van der Waals surface area contributed by atoms with Crippen LogP contribution in [-0.4, -0.2) is 35.4 Å². The Morgan fingerprint density at radius 1 is 1.09 bits per heavy atom. The van der Waals surface area contributed by atoms with Crippen LogP contribution in [0.1, 0.15) is 35.0 Å². The van der Waals surface area contributed by atoms with Crippen LogP contribution in [0.25, 0.3) is 11.3 Å². The monoisotopic (exact) mass is 514 g/mol. The van der Waals surface area contributed by atoms with E-state index >= 15 is 0 Å². The van der Waals surface area contributed by atoms with Crippen molar-refractivity contribution in [1.82, 2.24) is 15.4 Å². The fraction of sp³-hybridized carbons (Fsp3) is 0.217. The number of aryl methyl sites for hydroxylation is 1. The van der Waals surface area contributed by atoms with Gasteiger partial charge in [-0.25, -0.2) is 8.42 Å². The molecule has 0 saturated carbocycles. The molecule has 4 aromatic rings. The van der Waals surface area contributed by atoms with Crippen LogP contribution < -0.4 is 5.32 Å². The fourth-order valence-corrected chi connectivity index (χ4v) is 6.07. The van der Waals surface area contributed by atoms with Gasteiger partial charge in [-0.15, -0.1) is 10.2 Å². The number of hydrogen-bond acceptors (Lipinski definition) is 9. The summed E-state index contributed by atoms with van der Waals surface area (Å²) in [5, 5.41) is 15.0. The zero-order valence-corrected chi connectivity index (χ0v) is 21.0. The second-order valence-electron chi connectivity index (χ2n) is 7.52. The number of nitrogens with zero attached hydrogens (tertiary/aromatic N) is 3. The van der Waals surface area contributed by atoms with Crippen molar-refractivity contribution >= 4 is 44.0 Å². The molecule has 2 aromatic heterocycles. The van der Waals surface area contributed by atoms with Crippen molar-refractivity contribution in [3.8, 4) is 11.3 Å². The van der Waals surface area contributed by atoms with Crippen LogP contribution >= 0.6 is 23.1 Å². The lowest BCUT2D eigenvalue weighted by Crippen LogP contribution is -2.11. The number of carbonyl (C=O) groups excluding carboxylic acids is 1. The number of benzene rings is 2. The van der Waals surface area contributed by atoms with E-state index in [9.17, 15) is 13.2 Å². The maximum absolute atomic E-state index is 12.6. The van der Waals surface area contributed by atoms with Gasteiger partial charge in [0.1, 0.15) is 0 Å². The van der Waals surface area contributed by atoms with E-state index in [2.05, 4.69) is 44.9 Å². The minimum atomic E-state index is -3.30. The molecule has 2 aromatic carbocycles. The standard InChI is InChI=1S/C23H22N4O4S3/c1-3-12-34(29,30)18-10-8-17(9-11-18)20-13-19(27-31-20)21(28)24-22-25-26-23(33-22)32-14-16-6-4-15(2)5-7-16/h4-11,13H,3,12,14H2,1-2H3,(H,24,25,28). The number of thioether (sulfide) groups is 1. The van der Waals surface area contributed by atoms with Crippen LogP contribution in [-0.2, 0) is 15.6 Å². The van der Waals surface area contributed by atoms with Crippen molar-refractivity contribution in [3.05, 3.63) is 71.4 Å². The largest absolute Gasteiger partial charge is 0.355 e. The van der Waals surface area contributed by atoms with Gasteiger partial charge in [-0.05, 0) is 43.2 Å². The minimum absolute atomic E-state index is 0.0849. The van der Waals surface area contributed by atoms with Crippen LogP contribution in [0.15, 0.2) is 68.4 Å². The van der Waals surface area contributed by atoms with E-state index in [-0.39, 0.29) is 16.3 Å². The molecule has 0 unspecified atom stereocenters. The smallest absolute Gasteiger partial charge is 0.279 e. The summed E-state index contributed by atoms with van der Waals surface area (Å²) in [5.74, 6) is 0.740. The van der Waals surface area contributed by atoms with E-state index in [1.54, 1.807) is 23.9 Å². The van der Waals surface area contributed by atoms with E-state index in [1.165, 1.54) is 40.7 Å². The average Bonchev–Trinajstić information content (AvgIpc) is 3.49. The molecule has 0 aliphatic carbocycles. The van der Waals surface area contributed by atoms with Crippen LogP contribution in [0.2, 0.25) is 0 Å². The van der Waals surface area contributed by atoms with Gasteiger partial charge in [-0.2, -0.15) is 0 Å². The third-order valence-electron chi connectivity index (χ3n) is 4.82. The topological polar surface area (TPSA) is 115 Å². The van der Waals surface area contributed by atoms with Gasteiger partial charge >= 0.3 is 0 Å². The molecule has 4 rings (SSSR count). The molecule has 11 heteroatoms. The van der Waals surface area contributed by atoms with Gasteiger partial charge < -0.3 is 4.52 Å². The molecule has 0 radical (unpaired) electrons. The summed E-state index contributed by atoms with van der Waals surface area (Å²) in [7, 11) is -3.30.